The second-order valence-electron chi connectivity index (χ2n) is 3.70. The first kappa shape index (κ1) is 13.0. The van der Waals surface area contributed by atoms with Gasteiger partial charge in [0.25, 0.3) is 0 Å². The summed E-state index contributed by atoms with van der Waals surface area (Å²) in [4.78, 5) is 15.6. The lowest BCUT2D eigenvalue weighted by atomic mass is 10.3. The number of thiophene rings is 1. The van der Waals surface area contributed by atoms with Crippen LogP contribution in [0.5, 0.6) is 0 Å². The van der Waals surface area contributed by atoms with E-state index in [0.717, 1.165) is 14.2 Å². The highest BCUT2D eigenvalue weighted by atomic mass is 79.9. The Morgan fingerprint density at radius 3 is 2.94 bits per heavy atom. The lowest BCUT2D eigenvalue weighted by molar-refractivity contribution is -0.384. The lowest BCUT2D eigenvalue weighted by Gasteiger charge is -2.05. The minimum atomic E-state index is -0.424. The van der Waals surface area contributed by atoms with E-state index < -0.39 is 4.92 Å². The van der Waals surface area contributed by atoms with Gasteiger partial charge in [0.05, 0.1) is 15.3 Å². The average Bonchev–Trinajstić information content (AvgIpc) is 2.73. The minimum Gasteiger partial charge on any atom is -0.359 e. The van der Waals surface area contributed by atoms with Crippen LogP contribution in [0.1, 0.15) is 10.4 Å². The van der Waals surface area contributed by atoms with E-state index in [1.807, 2.05) is 12.1 Å². The van der Waals surface area contributed by atoms with Crippen molar-refractivity contribution >= 4 is 38.8 Å². The molecule has 2 heterocycles. The number of halogens is 1. The molecule has 0 saturated heterocycles. The first-order valence-electron chi connectivity index (χ1n) is 5.15. The first-order chi connectivity index (χ1) is 8.56. The molecule has 18 heavy (non-hydrogen) atoms. The van der Waals surface area contributed by atoms with Gasteiger partial charge in [-0.15, -0.1) is 11.3 Å². The third-order valence-electron chi connectivity index (χ3n) is 2.26. The van der Waals surface area contributed by atoms with Gasteiger partial charge in [-0.2, -0.15) is 0 Å². The van der Waals surface area contributed by atoms with Gasteiger partial charge in [-0.05, 0) is 40.5 Å². The Bertz CT molecular complexity index is 585. The normalized spacial score (nSPS) is 10.3. The van der Waals surface area contributed by atoms with E-state index in [9.17, 15) is 10.1 Å². The number of nitrogens with zero attached hydrogens (tertiary/aromatic N) is 2. The third-order valence-corrected chi connectivity index (χ3v) is 3.88. The molecule has 0 radical (unpaired) electrons. The molecule has 0 bridgehead atoms. The summed E-state index contributed by atoms with van der Waals surface area (Å²) >= 11 is 4.95. The molecule has 1 N–H and O–H groups in total. The van der Waals surface area contributed by atoms with Crippen LogP contribution in [-0.2, 0) is 6.54 Å². The second kappa shape index (κ2) is 5.45. The third kappa shape index (κ3) is 3.05. The van der Waals surface area contributed by atoms with E-state index in [4.69, 9.17) is 0 Å². The molecule has 0 saturated carbocycles. The van der Waals surface area contributed by atoms with Crippen molar-refractivity contribution in [2.45, 2.75) is 13.5 Å². The van der Waals surface area contributed by atoms with Crippen LogP contribution in [0, 0.1) is 17.0 Å². The Morgan fingerprint density at radius 2 is 2.33 bits per heavy atom. The number of aryl methyl sites for hydroxylation is 1. The van der Waals surface area contributed by atoms with E-state index in [-0.39, 0.29) is 5.69 Å². The maximum atomic E-state index is 10.9. The number of nitro groups is 1. The molecule has 2 aromatic rings. The van der Waals surface area contributed by atoms with Gasteiger partial charge < -0.3 is 5.32 Å². The average molecular weight is 328 g/mol. The van der Waals surface area contributed by atoms with Crippen LogP contribution in [-0.4, -0.2) is 9.91 Å². The summed E-state index contributed by atoms with van der Waals surface area (Å²) in [6, 6.07) is 5.42. The Balaban J connectivity index is 2.16. The Morgan fingerprint density at radius 1 is 1.56 bits per heavy atom. The molecule has 2 rings (SSSR count). The molecule has 0 aliphatic rings. The predicted molar refractivity (Wildman–Crippen MR) is 75.0 cm³/mol. The number of pyridine rings is 1. The van der Waals surface area contributed by atoms with Crippen molar-refractivity contribution in [3.63, 3.8) is 0 Å². The van der Waals surface area contributed by atoms with Crippen molar-refractivity contribution in [2.75, 3.05) is 5.32 Å². The fourth-order valence-corrected chi connectivity index (χ4v) is 2.87. The van der Waals surface area contributed by atoms with Crippen LogP contribution in [0.3, 0.4) is 0 Å². The van der Waals surface area contributed by atoms with Crippen LogP contribution in [0.2, 0.25) is 0 Å². The Labute approximate surface area is 116 Å². The summed E-state index contributed by atoms with van der Waals surface area (Å²) in [6.07, 6.45) is 1.61. The molecular formula is C11H10BrN3O2S. The largest absolute Gasteiger partial charge is 0.359 e. The van der Waals surface area contributed by atoms with E-state index >= 15 is 0 Å². The predicted octanol–water partition coefficient (Wildman–Crippen LogP) is 3.73. The molecule has 0 aliphatic heterocycles. The highest BCUT2D eigenvalue weighted by Crippen LogP contribution is 2.26. The highest BCUT2D eigenvalue weighted by Gasteiger charge is 2.15. The van der Waals surface area contributed by atoms with Gasteiger partial charge >= 0.3 is 5.69 Å². The number of rotatable bonds is 4. The monoisotopic (exact) mass is 327 g/mol. The van der Waals surface area contributed by atoms with Gasteiger partial charge in [-0.1, -0.05) is 0 Å². The maximum absolute atomic E-state index is 10.9. The molecule has 0 unspecified atom stereocenters. The summed E-state index contributed by atoms with van der Waals surface area (Å²) in [5, 5.41) is 13.9. The van der Waals surface area contributed by atoms with Gasteiger partial charge in [-0.25, -0.2) is 4.98 Å². The topological polar surface area (TPSA) is 68.1 Å². The molecule has 7 heteroatoms. The summed E-state index contributed by atoms with van der Waals surface area (Å²) < 4.78 is 1.03. The molecule has 5 nitrogen and oxygen atoms in total. The van der Waals surface area contributed by atoms with Crippen molar-refractivity contribution in [3.05, 3.63) is 48.7 Å². The summed E-state index contributed by atoms with van der Waals surface area (Å²) in [5.41, 5.74) is 0.775. The number of nitrogens with one attached hydrogen (secondary N) is 1. The number of anilines is 1. The molecule has 94 valence electrons. The standard InChI is InChI=1S/C11H10BrN3O2S/c1-7-4-9(15(16)17)11(13-5-7)14-6-8-2-3-10(12)18-8/h2-5H,6H2,1H3,(H,13,14). The highest BCUT2D eigenvalue weighted by molar-refractivity contribution is 9.11. The SMILES string of the molecule is Cc1cnc(NCc2ccc(Br)s2)c([N+](=O)[O-])c1. The smallest absolute Gasteiger partial charge is 0.311 e. The van der Waals surface area contributed by atoms with Crippen LogP contribution in [0.15, 0.2) is 28.2 Å². The summed E-state index contributed by atoms with van der Waals surface area (Å²) in [7, 11) is 0. The van der Waals surface area contributed by atoms with Crippen LogP contribution in [0.25, 0.3) is 0 Å². The van der Waals surface area contributed by atoms with Crippen molar-refractivity contribution in [3.8, 4) is 0 Å². The molecule has 0 aromatic carbocycles. The molecular weight excluding hydrogens is 318 g/mol. The van der Waals surface area contributed by atoms with E-state index in [2.05, 4.69) is 26.2 Å². The molecule has 0 amide bonds. The van der Waals surface area contributed by atoms with E-state index in [0.29, 0.717) is 12.4 Å². The van der Waals surface area contributed by atoms with E-state index in [1.165, 1.54) is 6.07 Å². The molecule has 0 atom stereocenters. The van der Waals surface area contributed by atoms with Crippen LogP contribution < -0.4 is 5.32 Å². The number of hydrogen-bond acceptors (Lipinski definition) is 5. The number of hydrogen-bond donors (Lipinski definition) is 1. The van der Waals surface area contributed by atoms with Crippen molar-refractivity contribution in [2.24, 2.45) is 0 Å². The van der Waals surface area contributed by atoms with Crippen LogP contribution in [0.4, 0.5) is 11.5 Å². The fourth-order valence-electron chi connectivity index (χ4n) is 1.45. The van der Waals surface area contributed by atoms with Gasteiger partial charge in [0.2, 0.25) is 5.82 Å². The molecule has 2 aromatic heterocycles. The zero-order valence-electron chi connectivity index (χ0n) is 9.51. The molecule has 0 spiro atoms. The zero-order valence-corrected chi connectivity index (χ0v) is 11.9. The lowest BCUT2D eigenvalue weighted by Crippen LogP contribution is -2.04. The van der Waals surface area contributed by atoms with Gasteiger partial charge in [0, 0.05) is 17.1 Å². The van der Waals surface area contributed by atoms with Crippen molar-refractivity contribution in [1.29, 1.82) is 0 Å². The Hall–Kier alpha value is -1.47. The van der Waals surface area contributed by atoms with Gasteiger partial charge in [0.1, 0.15) is 0 Å². The van der Waals surface area contributed by atoms with Gasteiger partial charge in [-0.3, -0.25) is 10.1 Å². The van der Waals surface area contributed by atoms with Crippen LogP contribution >= 0.6 is 27.3 Å². The first-order valence-corrected chi connectivity index (χ1v) is 6.76. The minimum absolute atomic E-state index is 0.00521. The quantitative estimate of drug-likeness (QED) is 0.686. The fraction of sp³-hybridized carbons (Fsp3) is 0.182. The number of aromatic nitrogens is 1. The Kier molecular flexibility index (Phi) is 3.93. The van der Waals surface area contributed by atoms with E-state index in [1.54, 1.807) is 24.5 Å². The zero-order chi connectivity index (χ0) is 13.1. The van der Waals surface area contributed by atoms with Crippen molar-refractivity contribution in [1.82, 2.24) is 4.98 Å². The summed E-state index contributed by atoms with van der Waals surface area (Å²) in [5.74, 6) is 0.301. The molecule has 0 fully saturated rings. The molecule has 0 aliphatic carbocycles. The second-order valence-corrected chi connectivity index (χ2v) is 6.24. The van der Waals surface area contributed by atoms with Gasteiger partial charge in [0.15, 0.2) is 0 Å². The van der Waals surface area contributed by atoms with Crippen molar-refractivity contribution < 1.29 is 4.92 Å². The summed E-state index contributed by atoms with van der Waals surface area (Å²) in [6.45, 7) is 2.30. The maximum Gasteiger partial charge on any atom is 0.311 e.